The van der Waals surface area contributed by atoms with E-state index in [4.69, 9.17) is 18.9 Å². The summed E-state index contributed by atoms with van der Waals surface area (Å²) in [6, 6.07) is 35.9. The molecule has 0 aliphatic carbocycles. The monoisotopic (exact) mass is 764 g/mol. The average molecular weight is 765 g/mol. The van der Waals surface area contributed by atoms with Crippen LogP contribution in [0.2, 0.25) is 0 Å². The standard InChI is InChI=1S/2C24H30O4/c1-5-24(6-2,28-23(26)20-15-11-8-12-16-20)17-21(18(3)4)27-22(25)19-13-9-7-10-14-19;1-5-20(21(6-2)27-23(25)18-13-9-7-10-14-18)22(17(3)4)28-24(26)19-15-11-8-12-16-19/h7-16,18,21H,5-6,17H2,1-4H3;7-17,20-22H,5-6H2,1-4H3. The Morgan fingerprint density at radius 1 is 0.464 bits per heavy atom. The number of ether oxygens (including phenoxy) is 4. The highest BCUT2D eigenvalue weighted by atomic mass is 16.6. The minimum absolute atomic E-state index is 0.0784. The predicted octanol–water partition coefficient (Wildman–Crippen LogP) is 11.2. The fraction of sp³-hybridized carbons (Fsp3) is 0.417. The zero-order chi connectivity index (χ0) is 41.1. The van der Waals surface area contributed by atoms with Gasteiger partial charge in [0.05, 0.1) is 22.3 Å². The third-order valence-corrected chi connectivity index (χ3v) is 10.1. The van der Waals surface area contributed by atoms with Crippen molar-refractivity contribution in [1.82, 2.24) is 0 Å². The number of esters is 4. The molecule has 0 amide bonds. The van der Waals surface area contributed by atoms with Crippen molar-refractivity contribution in [3.8, 4) is 0 Å². The molecule has 0 heterocycles. The number of benzene rings is 4. The molecule has 0 aromatic heterocycles. The van der Waals surface area contributed by atoms with Crippen LogP contribution >= 0.6 is 0 Å². The Kier molecular flexibility index (Phi) is 18.5. The number of carbonyl (C=O) groups excluding carboxylic acids is 4. The van der Waals surface area contributed by atoms with Crippen molar-refractivity contribution in [2.45, 2.75) is 111 Å². The number of carbonyl (C=O) groups is 4. The van der Waals surface area contributed by atoms with Gasteiger partial charge in [0, 0.05) is 12.3 Å². The molecule has 8 heteroatoms. The van der Waals surface area contributed by atoms with Crippen molar-refractivity contribution in [2.75, 3.05) is 0 Å². The van der Waals surface area contributed by atoms with E-state index in [1.807, 2.05) is 128 Å². The van der Waals surface area contributed by atoms with Crippen LogP contribution in [0.3, 0.4) is 0 Å². The summed E-state index contributed by atoms with van der Waals surface area (Å²) in [7, 11) is 0. The molecule has 0 aliphatic rings. The maximum Gasteiger partial charge on any atom is 0.338 e. The molecule has 4 aromatic carbocycles. The van der Waals surface area contributed by atoms with Gasteiger partial charge in [-0.2, -0.15) is 0 Å². The summed E-state index contributed by atoms with van der Waals surface area (Å²) in [5, 5.41) is 0. The smallest absolute Gasteiger partial charge is 0.338 e. The molecule has 56 heavy (non-hydrogen) atoms. The Morgan fingerprint density at radius 2 is 0.821 bits per heavy atom. The lowest BCUT2D eigenvalue weighted by Gasteiger charge is -2.36. The Balaban J connectivity index is 0.000000300. The Morgan fingerprint density at radius 3 is 1.14 bits per heavy atom. The van der Waals surface area contributed by atoms with E-state index < -0.39 is 5.60 Å². The summed E-state index contributed by atoms with van der Waals surface area (Å²) < 4.78 is 23.5. The molecule has 4 aromatic rings. The van der Waals surface area contributed by atoms with Crippen LogP contribution in [-0.2, 0) is 18.9 Å². The van der Waals surface area contributed by atoms with Gasteiger partial charge in [-0.25, -0.2) is 19.2 Å². The second-order valence-corrected chi connectivity index (χ2v) is 14.7. The van der Waals surface area contributed by atoms with Gasteiger partial charge in [-0.3, -0.25) is 0 Å². The highest BCUT2D eigenvalue weighted by Crippen LogP contribution is 2.32. The fourth-order valence-electron chi connectivity index (χ4n) is 6.56. The van der Waals surface area contributed by atoms with Gasteiger partial charge < -0.3 is 18.9 Å². The number of hydrogen-bond acceptors (Lipinski definition) is 8. The maximum atomic E-state index is 12.6. The van der Waals surface area contributed by atoms with Gasteiger partial charge in [0.1, 0.15) is 23.9 Å². The Bertz CT molecular complexity index is 1700. The van der Waals surface area contributed by atoms with Crippen molar-refractivity contribution in [3.63, 3.8) is 0 Å². The molecular formula is C48H60O8. The van der Waals surface area contributed by atoms with Crippen LogP contribution in [0.1, 0.15) is 129 Å². The first kappa shape index (κ1) is 45.2. The van der Waals surface area contributed by atoms with E-state index in [1.165, 1.54) is 0 Å². The third-order valence-electron chi connectivity index (χ3n) is 10.1. The van der Waals surface area contributed by atoms with E-state index in [-0.39, 0.29) is 59.9 Å². The summed E-state index contributed by atoms with van der Waals surface area (Å²) in [5.74, 6) is -1.27. The van der Waals surface area contributed by atoms with E-state index in [0.717, 1.165) is 6.42 Å². The van der Waals surface area contributed by atoms with Crippen LogP contribution in [0, 0.1) is 17.8 Å². The molecule has 0 fully saturated rings. The van der Waals surface area contributed by atoms with Gasteiger partial charge in [-0.05, 0) is 86.1 Å². The van der Waals surface area contributed by atoms with E-state index in [9.17, 15) is 19.2 Å². The van der Waals surface area contributed by atoms with Crippen molar-refractivity contribution in [2.24, 2.45) is 17.8 Å². The zero-order valence-electron chi connectivity index (χ0n) is 34.3. The van der Waals surface area contributed by atoms with Gasteiger partial charge in [0.15, 0.2) is 0 Å². The normalized spacial score (nSPS) is 13.3. The molecule has 0 saturated heterocycles. The highest BCUT2D eigenvalue weighted by Gasteiger charge is 2.37. The summed E-state index contributed by atoms with van der Waals surface area (Å²) in [6.45, 7) is 16.1. The van der Waals surface area contributed by atoms with Gasteiger partial charge >= 0.3 is 23.9 Å². The van der Waals surface area contributed by atoms with E-state index >= 15 is 0 Å². The molecule has 4 atom stereocenters. The zero-order valence-corrected chi connectivity index (χ0v) is 34.3. The first-order chi connectivity index (χ1) is 26.9. The molecule has 0 aliphatic heterocycles. The third kappa shape index (κ3) is 13.5. The molecule has 0 saturated carbocycles. The minimum Gasteiger partial charge on any atom is -0.458 e. The maximum absolute atomic E-state index is 12.6. The molecule has 0 bridgehead atoms. The summed E-state index contributed by atoms with van der Waals surface area (Å²) in [4.78, 5) is 50.3. The SMILES string of the molecule is CCC(CC)(CC(OC(=O)c1ccccc1)C(C)C)OC(=O)c1ccccc1.CCC(OC(=O)c1ccccc1)C(CC)C(OC(=O)c1ccccc1)C(C)C. The second-order valence-electron chi connectivity index (χ2n) is 14.7. The molecule has 0 N–H and O–H groups in total. The van der Waals surface area contributed by atoms with Gasteiger partial charge in [-0.1, -0.05) is 128 Å². The van der Waals surface area contributed by atoms with Crippen molar-refractivity contribution < 1.29 is 38.1 Å². The van der Waals surface area contributed by atoms with Gasteiger partial charge in [0.2, 0.25) is 0 Å². The lowest BCUT2D eigenvalue weighted by atomic mass is 9.85. The first-order valence-corrected chi connectivity index (χ1v) is 19.9. The van der Waals surface area contributed by atoms with Crippen LogP contribution < -0.4 is 0 Å². The molecular weight excluding hydrogens is 705 g/mol. The van der Waals surface area contributed by atoms with E-state index in [1.54, 1.807) is 48.5 Å². The van der Waals surface area contributed by atoms with E-state index in [0.29, 0.717) is 47.9 Å². The summed E-state index contributed by atoms with van der Waals surface area (Å²) in [6.07, 6.45) is 2.14. The van der Waals surface area contributed by atoms with Crippen molar-refractivity contribution in [1.29, 1.82) is 0 Å². The number of hydrogen-bond donors (Lipinski definition) is 0. The number of rotatable bonds is 18. The molecule has 4 rings (SSSR count). The first-order valence-electron chi connectivity index (χ1n) is 19.9. The van der Waals surface area contributed by atoms with Crippen LogP contribution in [0.25, 0.3) is 0 Å². The van der Waals surface area contributed by atoms with Crippen LogP contribution in [-0.4, -0.2) is 47.8 Å². The Hall–Kier alpha value is -5.24. The molecule has 0 radical (unpaired) electrons. The highest BCUT2D eigenvalue weighted by molar-refractivity contribution is 5.91. The quantitative estimate of drug-likeness (QED) is 0.0728. The minimum atomic E-state index is -0.682. The lowest BCUT2D eigenvalue weighted by molar-refractivity contribution is -0.0610. The van der Waals surface area contributed by atoms with Crippen LogP contribution in [0.4, 0.5) is 0 Å². The molecule has 0 spiro atoms. The van der Waals surface area contributed by atoms with Gasteiger partial charge in [0.25, 0.3) is 0 Å². The summed E-state index contributed by atoms with van der Waals surface area (Å²) in [5.41, 5.74) is 1.42. The topological polar surface area (TPSA) is 105 Å². The van der Waals surface area contributed by atoms with Crippen molar-refractivity contribution in [3.05, 3.63) is 144 Å². The second kappa shape index (κ2) is 23.0. The van der Waals surface area contributed by atoms with Crippen LogP contribution in [0.5, 0.6) is 0 Å². The van der Waals surface area contributed by atoms with E-state index in [2.05, 4.69) is 0 Å². The largest absolute Gasteiger partial charge is 0.458 e. The lowest BCUT2D eigenvalue weighted by Crippen LogP contribution is -2.40. The Labute approximate surface area is 333 Å². The van der Waals surface area contributed by atoms with Gasteiger partial charge in [-0.15, -0.1) is 0 Å². The fourth-order valence-corrected chi connectivity index (χ4v) is 6.56. The van der Waals surface area contributed by atoms with Crippen molar-refractivity contribution >= 4 is 23.9 Å². The molecule has 300 valence electrons. The summed E-state index contributed by atoms with van der Waals surface area (Å²) >= 11 is 0. The van der Waals surface area contributed by atoms with Crippen LogP contribution in [0.15, 0.2) is 121 Å². The molecule has 4 unspecified atom stereocenters. The predicted molar refractivity (Wildman–Crippen MR) is 220 cm³/mol. The molecule has 8 nitrogen and oxygen atoms in total. The average Bonchev–Trinajstić information content (AvgIpc) is 3.23.